The van der Waals surface area contributed by atoms with Crippen molar-refractivity contribution in [1.82, 2.24) is 20.1 Å². The van der Waals surface area contributed by atoms with Crippen molar-refractivity contribution >= 4 is 46.2 Å². The monoisotopic (exact) mass is 599 g/mol. The molecule has 2 amide bonds. The molecular formula is C29H32ClF2N7O3. The molecule has 42 heavy (non-hydrogen) atoms. The van der Waals surface area contributed by atoms with Crippen molar-refractivity contribution in [2.75, 3.05) is 39.6 Å². The molecule has 0 spiro atoms. The van der Waals surface area contributed by atoms with Gasteiger partial charge in [-0.3, -0.25) is 20.4 Å². The van der Waals surface area contributed by atoms with E-state index in [-0.39, 0.29) is 36.2 Å². The van der Waals surface area contributed by atoms with Gasteiger partial charge in [-0.2, -0.15) is 5.26 Å². The fourth-order valence-electron chi connectivity index (χ4n) is 4.10. The number of likely N-dealkylation sites (N-methyl/N-ethyl adjacent to an activating group) is 1. The maximum Gasteiger partial charge on any atom is 0.412 e. The number of anilines is 1. The standard InChI is InChI=1S/C29H32ClF2N7O3/c1-38(2)28(36-18-33)34-13-5-7-23(39(3)26(40)12-10-19-6-4-8-24(32)27(19)30)17-42-29(41)37-25-15-21-14-22(31)11-9-20(21)16-35-25/h4,6,8-9,11,14-16,23H,5,7,10,12-13,17H2,1-3H3,(H,34,36)(H,35,37,41)/t23-/m0/s1. The molecule has 13 heteroatoms. The van der Waals surface area contributed by atoms with Gasteiger partial charge in [-0.1, -0.05) is 23.7 Å². The largest absolute Gasteiger partial charge is 0.447 e. The second-order valence-electron chi connectivity index (χ2n) is 9.63. The molecule has 2 aromatic carbocycles. The quantitative estimate of drug-likeness (QED) is 0.105. The number of carbonyl (C=O) groups is 2. The summed E-state index contributed by atoms with van der Waals surface area (Å²) in [6.45, 7) is 0.223. The Bertz CT molecular complexity index is 1480. The van der Waals surface area contributed by atoms with Gasteiger partial charge in [0, 0.05) is 45.7 Å². The van der Waals surface area contributed by atoms with E-state index in [1.807, 2.05) is 6.19 Å². The average Bonchev–Trinajstić information content (AvgIpc) is 2.96. The van der Waals surface area contributed by atoms with Gasteiger partial charge in [0.2, 0.25) is 11.9 Å². The highest BCUT2D eigenvalue weighted by molar-refractivity contribution is 6.31. The van der Waals surface area contributed by atoms with E-state index in [4.69, 9.17) is 21.6 Å². The molecule has 222 valence electrons. The summed E-state index contributed by atoms with van der Waals surface area (Å²) in [5.74, 6) is -0.638. The Morgan fingerprint density at radius 3 is 2.69 bits per heavy atom. The SMILES string of the molecule is CN(C)C(=NCCC[C@@H](COC(=O)Nc1cc2cc(F)ccc2cn1)N(C)C(=O)CCc1cccc(F)c1Cl)NC#N. The lowest BCUT2D eigenvalue weighted by molar-refractivity contribution is -0.132. The molecule has 0 bridgehead atoms. The highest BCUT2D eigenvalue weighted by atomic mass is 35.5. The lowest BCUT2D eigenvalue weighted by Gasteiger charge is -2.28. The number of guanidine groups is 1. The van der Waals surface area contributed by atoms with Gasteiger partial charge >= 0.3 is 6.09 Å². The number of benzene rings is 2. The Kier molecular flexibility index (Phi) is 11.8. The van der Waals surface area contributed by atoms with Crippen LogP contribution in [0.5, 0.6) is 0 Å². The van der Waals surface area contributed by atoms with Crippen LogP contribution in [0.25, 0.3) is 10.8 Å². The van der Waals surface area contributed by atoms with Gasteiger partial charge in [0.1, 0.15) is 24.1 Å². The van der Waals surface area contributed by atoms with Gasteiger partial charge in [0.15, 0.2) is 6.19 Å². The van der Waals surface area contributed by atoms with Crippen LogP contribution < -0.4 is 10.6 Å². The summed E-state index contributed by atoms with van der Waals surface area (Å²) < 4.78 is 32.8. The van der Waals surface area contributed by atoms with Gasteiger partial charge in [0.05, 0.1) is 11.1 Å². The molecule has 0 saturated heterocycles. The second kappa shape index (κ2) is 15.5. The normalized spacial score (nSPS) is 11.9. The molecule has 1 atom stereocenters. The summed E-state index contributed by atoms with van der Waals surface area (Å²) in [7, 11) is 5.10. The molecule has 0 saturated carbocycles. The molecule has 0 unspecified atom stereocenters. The van der Waals surface area contributed by atoms with Gasteiger partial charge in [-0.15, -0.1) is 0 Å². The molecular weight excluding hydrogens is 568 g/mol. The number of nitrogens with zero attached hydrogens (tertiary/aromatic N) is 5. The Morgan fingerprint density at radius 1 is 1.17 bits per heavy atom. The number of ether oxygens (including phenoxy) is 1. The number of carbonyl (C=O) groups excluding carboxylic acids is 2. The number of aliphatic imine (C=N–C) groups is 1. The summed E-state index contributed by atoms with van der Waals surface area (Å²) in [5, 5.41) is 15.2. The number of hydrogen-bond donors (Lipinski definition) is 2. The van der Waals surface area contributed by atoms with E-state index < -0.39 is 23.8 Å². The van der Waals surface area contributed by atoms with Crippen molar-refractivity contribution < 1.29 is 23.1 Å². The van der Waals surface area contributed by atoms with Crippen LogP contribution in [0.3, 0.4) is 0 Å². The number of halogens is 3. The van der Waals surface area contributed by atoms with Crippen LogP contribution in [0.4, 0.5) is 19.4 Å². The van der Waals surface area contributed by atoms with Crippen LogP contribution in [-0.2, 0) is 16.0 Å². The van der Waals surface area contributed by atoms with Crippen molar-refractivity contribution in [2.45, 2.75) is 31.7 Å². The topological polar surface area (TPSA) is 123 Å². The van der Waals surface area contributed by atoms with Crippen LogP contribution in [0.1, 0.15) is 24.8 Å². The maximum atomic E-state index is 13.8. The van der Waals surface area contributed by atoms with Crippen molar-refractivity contribution in [3.05, 3.63) is 70.9 Å². The molecule has 1 aromatic heterocycles. The summed E-state index contributed by atoms with van der Waals surface area (Å²) in [6.07, 6.45) is 3.80. The van der Waals surface area contributed by atoms with Crippen LogP contribution in [0, 0.1) is 23.1 Å². The molecule has 0 aliphatic heterocycles. The average molecular weight is 600 g/mol. The number of hydrogen-bond acceptors (Lipinski definition) is 6. The molecule has 3 rings (SSSR count). The van der Waals surface area contributed by atoms with Gasteiger partial charge in [-0.05, 0) is 60.5 Å². The zero-order chi connectivity index (χ0) is 30.6. The summed E-state index contributed by atoms with van der Waals surface area (Å²) >= 11 is 6.04. The summed E-state index contributed by atoms with van der Waals surface area (Å²) in [4.78, 5) is 37.3. The van der Waals surface area contributed by atoms with E-state index in [0.29, 0.717) is 41.7 Å². The third-order valence-corrected chi connectivity index (χ3v) is 6.87. The Balaban J connectivity index is 1.65. The minimum absolute atomic E-state index is 0.0184. The summed E-state index contributed by atoms with van der Waals surface area (Å²) in [5.41, 5.74) is 0.518. The van der Waals surface area contributed by atoms with Crippen LogP contribution in [0.2, 0.25) is 5.02 Å². The van der Waals surface area contributed by atoms with Gasteiger partial charge in [-0.25, -0.2) is 18.6 Å². The smallest absolute Gasteiger partial charge is 0.412 e. The second-order valence-corrected chi connectivity index (χ2v) is 10.0. The van der Waals surface area contributed by atoms with E-state index in [1.165, 1.54) is 41.4 Å². The first-order valence-corrected chi connectivity index (χ1v) is 13.5. The molecule has 0 radical (unpaired) electrons. The first-order chi connectivity index (χ1) is 20.1. The van der Waals surface area contributed by atoms with E-state index >= 15 is 0 Å². The molecule has 1 heterocycles. The number of rotatable bonds is 11. The molecule has 10 nitrogen and oxygen atoms in total. The van der Waals surface area contributed by atoms with E-state index in [9.17, 15) is 18.4 Å². The number of nitrogens with one attached hydrogen (secondary N) is 2. The highest BCUT2D eigenvalue weighted by Crippen LogP contribution is 2.22. The molecule has 0 aliphatic rings. The number of amides is 2. The van der Waals surface area contributed by atoms with Crippen LogP contribution in [0.15, 0.2) is 53.7 Å². The minimum Gasteiger partial charge on any atom is -0.447 e. The van der Waals surface area contributed by atoms with Gasteiger partial charge in [0.25, 0.3) is 0 Å². The predicted octanol–water partition coefficient (Wildman–Crippen LogP) is 4.94. The molecule has 0 fully saturated rings. The van der Waals surface area contributed by atoms with Crippen molar-refractivity contribution in [3.63, 3.8) is 0 Å². The van der Waals surface area contributed by atoms with Gasteiger partial charge < -0.3 is 14.5 Å². The van der Waals surface area contributed by atoms with Crippen molar-refractivity contribution in [3.8, 4) is 6.19 Å². The molecule has 2 N–H and O–H groups in total. The first kappa shape index (κ1) is 32.0. The third-order valence-electron chi connectivity index (χ3n) is 6.45. The van der Waals surface area contributed by atoms with E-state index in [0.717, 1.165) is 0 Å². The maximum absolute atomic E-state index is 13.8. The highest BCUT2D eigenvalue weighted by Gasteiger charge is 2.22. The predicted molar refractivity (Wildman–Crippen MR) is 157 cm³/mol. The summed E-state index contributed by atoms with van der Waals surface area (Å²) in [6, 6.07) is 9.70. The lowest BCUT2D eigenvalue weighted by atomic mass is 10.1. The van der Waals surface area contributed by atoms with Crippen molar-refractivity contribution in [1.29, 1.82) is 5.26 Å². The minimum atomic E-state index is -0.790. The lowest BCUT2D eigenvalue weighted by Crippen LogP contribution is -2.41. The Hall–Kier alpha value is -4.50. The van der Waals surface area contributed by atoms with Crippen LogP contribution in [-0.4, -0.2) is 73.1 Å². The number of nitriles is 1. The number of aryl methyl sites for hydroxylation is 1. The third kappa shape index (κ3) is 9.27. The Morgan fingerprint density at radius 2 is 1.95 bits per heavy atom. The van der Waals surface area contributed by atoms with Crippen LogP contribution >= 0.6 is 11.6 Å². The first-order valence-electron chi connectivity index (χ1n) is 13.1. The van der Waals surface area contributed by atoms with E-state index in [2.05, 4.69) is 20.6 Å². The zero-order valence-corrected chi connectivity index (χ0v) is 24.3. The van der Waals surface area contributed by atoms with E-state index in [1.54, 1.807) is 38.2 Å². The zero-order valence-electron chi connectivity index (χ0n) is 23.5. The van der Waals surface area contributed by atoms with Crippen molar-refractivity contribution in [2.24, 2.45) is 4.99 Å². The Labute approximate surface area is 247 Å². The number of aromatic nitrogens is 1. The fourth-order valence-corrected chi connectivity index (χ4v) is 4.32. The molecule has 3 aromatic rings. The fraction of sp³-hybridized carbons (Fsp3) is 0.345. The number of pyridine rings is 1. The molecule has 0 aliphatic carbocycles. The number of fused-ring (bicyclic) bond motifs is 1.